The number of carbonyl (C=O) groups is 1. The number of hydrogen-bond donors (Lipinski definition) is 3. The molecule has 3 rings (SSSR count). The summed E-state index contributed by atoms with van der Waals surface area (Å²) in [6, 6.07) is 11.2. The fraction of sp³-hybridized carbons (Fsp3) is 0.222. The molecule has 1 amide bonds. The Balaban J connectivity index is 1.56. The molecular weight excluding hydrogens is 452 g/mol. The van der Waals surface area contributed by atoms with Gasteiger partial charge in [0.25, 0.3) is 10.0 Å². The highest BCUT2D eigenvalue weighted by Crippen LogP contribution is 2.22. The number of hydrogen-bond acceptors (Lipinski definition) is 6. The fourth-order valence-electron chi connectivity index (χ4n) is 2.72. The van der Waals surface area contributed by atoms with Crippen LogP contribution in [0.2, 0.25) is 5.02 Å². The smallest absolute Gasteiger partial charge is 0.263 e. The third kappa shape index (κ3) is 4.98. The van der Waals surface area contributed by atoms with Crippen LogP contribution in [-0.2, 0) is 24.8 Å². The summed E-state index contributed by atoms with van der Waals surface area (Å²) < 4.78 is 53.3. The van der Waals surface area contributed by atoms with Crippen LogP contribution in [-0.4, -0.2) is 47.7 Å². The molecular formula is C18H19ClN4O5S2. The molecule has 1 aliphatic heterocycles. The van der Waals surface area contributed by atoms with E-state index in [-0.39, 0.29) is 28.7 Å². The van der Waals surface area contributed by atoms with E-state index in [1.807, 2.05) is 0 Å². The molecule has 1 heterocycles. The van der Waals surface area contributed by atoms with Crippen molar-refractivity contribution in [3.8, 4) is 0 Å². The van der Waals surface area contributed by atoms with Gasteiger partial charge in [0, 0.05) is 23.7 Å². The molecule has 0 unspecified atom stereocenters. The van der Waals surface area contributed by atoms with Gasteiger partial charge < -0.3 is 5.32 Å². The van der Waals surface area contributed by atoms with Crippen molar-refractivity contribution in [3.05, 3.63) is 59.1 Å². The van der Waals surface area contributed by atoms with Gasteiger partial charge in [-0.15, -0.1) is 0 Å². The van der Waals surface area contributed by atoms with E-state index in [9.17, 15) is 21.6 Å². The molecule has 2 aromatic rings. The van der Waals surface area contributed by atoms with Gasteiger partial charge in [-0.1, -0.05) is 29.8 Å². The number of benzene rings is 2. The fourth-order valence-corrected chi connectivity index (χ4v) is 5.29. The van der Waals surface area contributed by atoms with Gasteiger partial charge in [0.2, 0.25) is 15.9 Å². The van der Waals surface area contributed by atoms with Crippen LogP contribution in [0.25, 0.3) is 0 Å². The molecule has 0 radical (unpaired) electrons. The molecule has 0 bridgehead atoms. The third-order valence-corrected chi connectivity index (χ3v) is 7.28. The zero-order valence-corrected chi connectivity index (χ0v) is 18.2. The van der Waals surface area contributed by atoms with Crippen LogP contribution >= 0.6 is 11.6 Å². The van der Waals surface area contributed by atoms with Crippen molar-refractivity contribution in [2.75, 3.05) is 13.1 Å². The lowest BCUT2D eigenvalue weighted by atomic mass is 10.2. The number of nitrogens with zero attached hydrogens (tertiary/aromatic N) is 1. The summed E-state index contributed by atoms with van der Waals surface area (Å²) in [7, 11) is -7.45. The largest absolute Gasteiger partial charge is 0.353 e. The molecule has 12 heteroatoms. The van der Waals surface area contributed by atoms with Crippen LogP contribution in [0, 0.1) is 0 Å². The highest BCUT2D eigenvalue weighted by Gasteiger charge is 2.31. The minimum Gasteiger partial charge on any atom is -0.353 e. The Morgan fingerprint density at radius 3 is 2.63 bits per heavy atom. The lowest BCUT2D eigenvalue weighted by Gasteiger charge is -2.11. The van der Waals surface area contributed by atoms with E-state index in [1.54, 1.807) is 24.3 Å². The van der Waals surface area contributed by atoms with Gasteiger partial charge in [0.1, 0.15) is 11.9 Å². The maximum Gasteiger partial charge on any atom is 0.263 e. The van der Waals surface area contributed by atoms with E-state index < -0.39 is 32.0 Å². The Hall–Kier alpha value is -2.47. The summed E-state index contributed by atoms with van der Waals surface area (Å²) in [5.41, 5.74) is 0.395. The van der Waals surface area contributed by atoms with Crippen molar-refractivity contribution in [2.45, 2.75) is 22.8 Å². The molecule has 160 valence electrons. The number of aliphatic imine (C=N–C) groups is 1. The average Bonchev–Trinajstić information content (AvgIpc) is 2.95. The topological polar surface area (TPSA) is 134 Å². The Bertz CT molecular complexity index is 1210. The number of halogens is 1. The number of fused-ring (bicyclic) bond motifs is 1. The van der Waals surface area contributed by atoms with Crippen molar-refractivity contribution in [2.24, 2.45) is 4.99 Å². The van der Waals surface area contributed by atoms with E-state index in [4.69, 9.17) is 11.6 Å². The van der Waals surface area contributed by atoms with E-state index in [0.29, 0.717) is 10.6 Å². The predicted molar refractivity (Wildman–Crippen MR) is 112 cm³/mol. The summed E-state index contributed by atoms with van der Waals surface area (Å²) in [4.78, 5) is 16.5. The highest BCUT2D eigenvalue weighted by molar-refractivity contribution is 7.90. The molecule has 0 spiro atoms. The number of nitrogens with one attached hydrogen (secondary N) is 3. The van der Waals surface area contributed by atoms with E-state index >= 15 is 0 Å². The molecule has 2 aromatic carbocycles. The summed E-state index contributed by atoms with van der Waals surface area (Å²) in [5, 5.41) is 2.85. The molecule has 30 heavy (non-hydrogen) atoms. The predicted octanol–water partition coefficient (Wildman–Crippen LogP) is 0.862. The van der Waals surface area contributed by atoms with Crippen LogP contribution in [0.5, 0.6) is 0 Å². The molecule has 0 aliphatic carbocycles. The number of rotatable bonds is 7. The number of sulfonamides is 2. The van der Waals surface area contributed by atoms with E-state index in [0.717, 1.165) is 0 Å². The van der Waals surface area contributed by atoms with Gasteiger partial charge in [0.05, 0.1) is 9.79 Å². The Morgan fingerprint density at radius 1 is 1.17 bits per heavy atom. The highest BCUT2D eigenvalue weighted by atomic mass is 35.5. The average molecular weight is 471 g/mol. The lowest BCUT2D eigenvalue weighted by molar-refractivity contribution is -0.121. The third-order valence-electron chi connectivity index (χ3n) is 4.19. The van der Waals surface area contributed by atoms with Crippen molar-refractivity contribution in [3.63, 3.8) is 0 Å². The molecule has 0 aromatic heterocycles. The normalized spacial score (nSPS) is 17.2. The minimum atomic E-state index is -3.76. The van der Waals surface area contributed by atoms with Crippen LogP contribution in [0.15, 0.2) is 63.3 Å². The summed E-state index contributed by atoms with van der Waals surface area (Å²) in [5.74, 6) is -0.386. The van der Waals surface area contributed by atoms with Crippen molar-refractivity contribution in [1.82, 2.24) is 14.8 Å². The Labute approximate surface area is 179 Å². The van der Waals surface area contributed by atoms with Crippen molar-refractivity contribution < 1.29 is 21.6 Å². The first-order valence-electron chi connectivity index (χ1n) is 8.83. The second-order valence-electron chi connectivity index (χ2n) is 6.40. The van der Waals surface area contributed by atoms with E-state index in [1.165, 1.54) is 31.2 Å². The minimum absolute atomic E-state index is 0.0216. The number of amidine groups is 1. The summed E-state index contributed by atoms with van der Waals surface area (Å²) in [6.45, 7) is 1.49. The monoisotopic (exact) mass is 470 g/mol. The molecule has 0 saturated heterocycles. The summed E-state index contributed by atoms with van der Waals surface area (Å²) >= 11 is 5.80. The number of carbonyl (C=O) groups excluding carboxylic acids is 1. The van der Waals surface area contributed by atoms with Crippen LogP contribution < -0.4 is 14.8 Å². The first-order chi connectivity index (χ1) is 14.1. The van der Waals surface area contributed by atoms with Crippen LogP contribution in [0.3, 0.4) is 0 Å². The van der Waals surface area contributed by atoms with Gasteiger partial charge in [-0.05, 0) is 37.3 Å². The molecule has 3 N–H and O–H groups in total. The van der Waals surface area contributed by atoms with Gasteiger partial charge in [0.15, 0.2) is 0 Å². The first-order valence-corrected chi connectivity index (χ1v) is 12.2. The SMILES string of the molecule is C[C@H](N=C1NS(=O)(=O)c2ccccc21)C(=O)NCCNS(=O)(=O)c1cccc(Cl)c1. The second-order valence-corrected chi connectivity index (χ2v) is 10.3. The summed E-state index contributed by atoms with van der Waals surface area (Å²) in [6.07, 6.45) is 0. The maximum atomic E-state index is 12.3. The van der Waals surface area contributed by atoms with Crippen LogP contribution in [0.4, 0.5) is 0 Å². The Morgan fingerprint density at radius 2 is 1.90 bits per heavy atom. The number of amides is 1. The molecule has 0 fully saturated rings. The van der Waals surface area contributed by atoms with Crippen molar-refractivity contribution in [1.29, 1.82) is 0 Å². The molecule has 9 nitrogen and oxygen atoms in total. The van der Waals surface area contributed by atoms with Gasteiger partial charge in [-0.2, -0.15) is 0 Å². The quantitative estimate of drug-likeness (QED) is 0.516. The second kappa shape index (κ2) is 8.72. The maximum absolute atomic E-state index is 12.3. The first kappa shape index (κ1) is 22.2. The standard InChI is InChI=1S/C18H19ClN4O5S2/c1-12(22-17-15-7-2-3-8-16(15)30(27,28)23-17)18(24)20-9-10-21-29(25,26)14-6-4-5-13(19)11-14/h2-8,11-12,21H,9-10H2,1H3,(H,20,24)(H,22,23)/t12-/m0/s1. The zero-order valence-electron chi connectivity index (χ0n) is 15.8. The van der Waals surface area contributed by atoms with Crippen LogP contribution in [0.1, 0.15) is 12.5 Å². The molecule has 1 aliphatic rings. The van der Waals surface area contributed by atoms with Crippen molar-refractivity contribution >= 4 is 43.4 Å². The molecule has 0 saturated carbocycles. The van der Waals surface area contributed by atoms with Gasteiger partial charge in [-0.25, -0.2) is 21.6 Å². The molecule has 1 atom stereocenters. The zero-order chi connectivity index (χ0) is 21.9. The lowest BCUT2D eigenvalue weighted by Crippen LogP contribution is -2.39. The van der Waals surface area contributed by atoms with E-state index in [2.05, 4.69) is 19.8 Å². The Kier molecular flexibility index (Phi) is 6.46. The van der Waals surface area contributed by atoms with Gasteiger partial charge in [-0.3, -0.25) is 14.5 Å². The van der Waals surface area contributed by atoms with Gasteiger partial charge >= 0.3 is 0 Å².